The number of rotatable bonds is 6. The zero-order chi connectivity index (χ0) is 21.4. The van der Waals surface area contributed by atoms with E-state index in [9.17, 15) is 9.59 Å². The van der Waals surface area contributed by atoms with Gasteiger partial charge in [-0.05, 0) is 38.7 Å². The van der Waals surface area contributed by atoms with Crippen LogP contribution in [-0.4, -0.2) is 75.1 Å². The molecule has 162 valence electrons. The molecule has 0 bridgehead atoms. The average molecular weight is 413 g/mol. The van der Waals surface area contributed by atoms with Crippen LogP contribution in [0.2, 0.25) is 0 Å². The molecular formula is C22H32N6O2. The van der Waals surface area contributed by atoms with E-state index < -0.39 is 0 Å². The quantitative estimate of drug-likeness (QED) is 0.786. The number of fused-ring (bicyclic) bond motifs is 1. The van der Waals surface area contributed by atoms with Gasteiger partial charge in [0.2, 0.25) is 5.91 Å². The van der Waals surface area contributed by atoms with Crippen LogP contribution in [0.4, 0.5) is 0 Å². The second kappa shape index (κ2) is 8.34. The van der Waals surface area contributed by atoms with Gasteiger partial charge in [0.1, 0.15) is 0 Å². The smallest absolute Gasteiger partial charge is 0.254 e. The molecule has 2 aromatic heterocycles. The lowest BCUT2D eigenvalue weighted by atomic mass is 10.0. The van der Waals surface area contributed by atoms with Crippen LogP contribution in [0.15, 0.2) is 12.3 Å². The number of carbonyl (C=O) groups excluding carboxylic acids is 2. The summed E-state index contributed by atoms with van der Waals surface area (Å²) in [6.07, 6.45) is 3.96. The number of aromatic nitrogens is 3. The van der Waals surface area contributed by atoms with Gasteiger partial charge in [-0.1, -0.05) is 13.8 Å². The van der Waals surface area contributed by atoms with Gasteiger partial charge in [0.25, 0.3) is 5.91 Å². The Kier molecular flexibility index (Phi) is 5.77. The summed E-state index contributed by atoms with van der Waals surface area (Å²) in [6, 6.07) is 2.49. The van der Waals surface area contributed by atoms with Gasteiger partial charge < -0.3 is 10.2 Å². The lowest BCUT2D eigenvalue weighted by Crippen LogP contribution is -2.51. The van der Waals surface area contributed by atoms with Gasteiger partial charge in [-0.15, -0.1) is 0 Å². The topological polar surface area (TPSA) is 83.4 Å². The van der Waals surface area contributed by atoms with Crippen molar-refractivity contribution in [3.05, 3.63) is 23.5 Å². The van der Waals surface area contributed by atoms with Crippen molar-refractivity contribution < 1.29 is 9.59 Å². The molecule has 1 saturated carbocycles. The van der Waals surface area contributed by atoms with E-state index in [-0.39, 0.29) is 23.8 Å². The highest BCUT2D eigenvalue weighted by atomic mass is 16.2. The highest BCUT2D eigenvalue weighted by Crippen LogP contribution is 2.26. The first-order valence-corrected chi connectivity index (χ1v) is 11.0. The Labute approximate surface area is 177 Å². The fourth-order valence-corrected chi connectivity index (χ4v) is 3.87. The van der Waals surface area contributed by atoms with E-state index in [0.29, 0.717) is 44.3 Å². The highest BCUT2D eigenvalue weighted by Gasteiger charge is 2.28. The SMILES string of the molecule is CC(C)c1cc(C(=O)N2CCN(CC(=O)NC3CC3)CC2)c2cnn(C(C)C)c2n1. The first-order valence-electron chi connectivity index (χ1n) is 11.0. The number of nitrogens with one attached hydrogen (secondary N) is 1. The van der Waals surface area contributed by atoms with Gasteiger partial charge in [-0.2, -0.15) is 5.10 Å². The molecule has 1 saturated heterocycles. The largest absolute Gasteiger partial charge is 0.352 e. The summed E-state index contributed by atoms with van der Waals surface area (Å²) < 4.78 is 1.88. The third-order valence-electron chi connectivity index (χ3n) is 5.87. The van der Waals surface area contributed by atoms with Crippen LogP contribution >= 0.6 is 0 Å². The molecule has 0 spiro atoms. The minimum atomic E-state index is 0.0229. The monoisotopic (exact) mass is 412 g/mol. The molecule has 3 heterocycles. The number of carbonyl (C=O) groups is 2. The Morgan fingerprint density at radius 2 is 1.83 bits per heavy atom. The van der Waals surface area contributed by atoms with Crippen LogP contribution in [0.5, 0.6) is 0 Å². The molecule has 0 unspecified atom stereocenters. The van der Waals surface area contributed by atoms with E-state index >= 15 is 0 Å². The predicted molar refractivity (Wildman–Crippen MR) is 116 cm³/mol. The van der Waals surface area contributed by atoms with Crippen molar-refractivity contribution in [2.45, 2.75) is 58.5 Å². The molecule has 0 aromatic carbocycles. The summed E-state index contributed by atoms with van der Waals surface area (Å²) in [7, 11) is 0. The predicted octanol–water partition coefficient (Wildman–Crippen LogP) is 2.17. The number of pyridine rings is 1. The van der Waals surface area contributed by atoms with Crippen LogP contribution < -0.4 is 5.32 Å². The van der Waals surface area contributed by atoms with Crippen molar-refractivity contribution in [3.8, 4) is 0 Å². The molecule has 2 aromatic rings. The van der Waals surface area contributed by atoms with Crippen molar-refractivity contribution in [2.24, 2.45) is 0 Å². The second-order valence-electron chi connectivity index (χ2n) is 9.08. The fraction of sp³-hybridized carbons (Fsp3) is 0.636. The summed E-state index contributed by atoms with van der Waals surface area (Å²) in [6.45, 7) is 11.4. The lowest BCUT2D eigenvalue weighted by molar-refractivity contribution is -0.122. The van der Waals surface area contributed by atoms with Gasteiger partial charge in [0.05, 0.1) is 23.7 Å². The third kappa shape index (κ3) is 4.33. The van der Waals surface area contributed by atoms with Crippen LogP contribution in [-0.2, 0) is 4.79 Å². The Bertz CT molecular complexity index is 938. The minimum absolute atomic E-state index is 0.0229. The molecule has 4 rings (SSSR count). The van der Waals surface area contributed by atoms with Gasteiger partial charge >= 0.3 is 0 Å². The third-order valence-corrected chi connectivity index (χ3v) is 5.87. The summed E-state index contributed by atoms with van der Waals surface area (Å²) >= 11 is 0. The summed E-state index contributed by atoms with van der Waals surface area (Å²) in [5.74, 6) is 0.337. The molecule has 2 aliphatic rings. The van der Waals surface area contributed by atoms with Gasteiger partial charge in [0, 0.05) is 44.0 Å². The minimum Gasteiger partial charge on any atom is -0.352 e. The number of hydrogen-bond donors (Lipinski definition) is 1. The molecule has 1 N–H and O–H groups in total. The standard InChI is InChI=1S/C22H32N6O2/c1-14(2)19-11-17(18-12-23-28(15(3)4)21(18)25-19)22(30)27-9-7-26(8-10-27)13-20(29)24-16-5-6-16/h11-12,14-16H,5-10,13H2,1-4H3,(H,24,29). The molecule has 2 fully saturated rings. The summed E-state index contributed by atoms with van der Waals surface area (Å²) in [4.78, 5) is 34.3. The number of hydrogen-bond acceptors (Lipinski definition) is 5. The Morgan fingerprint density at radius 1 is 1.13 bits per heavy atom. The molecule has 0 atom stereocenters. The van der Waals surface area contributed by atoms with E-state index in [1.54, 1.807) is 6.20 Å². The number of nitrogens with zero attached hydrogens (tertiary/aromatic N) is 5. The highest BCUT2D eigenvalue weighted by molar-refractivity contribution is 6.05. The normalized spacial score (nSPS) is 17.9. The van der Waals surface area contributed by atoms with Crippen LogP contribution in [0.3, 0.4) is 0 Å². The second-order valence-corrected chi connectivity index (χ2v) is 9.08. The zero-order valence-corrected chi connectivity index (χ0v) is 18.4. The molecule has 1 aliphatic carbocycles. The molecular weight excluding hydrogens is 380 g/mol. The number of amides is 2. The van der Waals surface area contributed by atoms with E-state index in [1.807, 2.05) is 15.6 Å². The average Bonchev–Trinajstić information content (AvgIpc) is 3.41. The Balaban J connectivity index is 1.49. The molecule has 30 heavy (non-hydrogen) atoms. The van der Waals surface area contributed by atoms with Crippen molar-refractivity contribution in [1.82, 2.24) is 29.9 Å². The van der Waals surface area contributed by atoms with Crippen LogP contribution in [0, 0.1) is 0 Å². The maximum absolute atomic E-state index is 13.4. The number of piperazine rings is 1. The van der Waals surface area contributed by atoms with Crippen molar-refractivity contribution in [2.75, 3.05) is 32.7 Å². The van der Waals surface area contributed by atoms with Crippen molar-refractivity contribution in [3.63, 3.8) is 0 Å². The lowest BCUT2D eigenvalue weighted by Gasteiger charge is -2.34. The van der Waals surface area contributed by atoms with E-state index in [1.165, 1.54) is 0 Å². The van der Waals surface area contributed by atoms with Gasteiger partial charge in [-0.25, -0.2) is 9.67 Å². The molecule has 2 amide bonds. The molecule has 8 nitrogen and oxygen atoms in total. The van der Waals surface area contributed by atoms with Crippen LogP contribution in [0.25, 0.3) is 11.0 Å². The summed E-state index contributed by atoms with van der Waals surface area (Å²) in [5.41, 5.74) is 2.36. The maximum Gasteiger partial charge on any atom is 0.254 e. The van der Waals surface area contributed by atoms with E-state index in [4.69, 9.17) is 4.98 Å². The van der Waals surface area contributed by atoms with Gasteiger partial charge in [-0.3, -0.25) is 14.5 Å². The molecule has 1 aliphatic heterocycles. The van der Waals surface area contributed by atoms with E-state index in [0.717, 1.165) is 29.6 Å². The Morgan fingerprint density at radius 3 is 2.43 bits per heavy atom. The maximum atomic E-state index is 13.4. The fourth-order valence-electron chi connectivity index (χ4n) is 3.87. The van der Waals surface area contributed by atoms with E-state index in [2.05, 4.69) is 43.0 Å². The van der Waals surface area contributed by atoms with Crippen LogP contribution in [0.1, 0.15) is 68.5 Å². The Hall–Kier alpha value is -2.48. The molecule has 8 heteroatoms. The first-order chi connectivity index (χ1) is 14.3. The van der Waals surface area contributed by atoms with Gasteiger partial charge in [0.15, 0.2) is 5.65 Å². The first kappa shape index (κ1) is 20.8. The van der Waals surface area contributed by atoms with Crippen molar-refractivity contribution >= 4 is 22.8 Å². The summed E-state index contributed by atoms with van der Waals surface area (Å²) in [5, 5.41) is 8.33. The zero-order valence-electron chi connectivity index (χ0n) is 18.4. The molecule has 0 radical (unpaired) electrons. The van der Waals surface area contributed by atoms with Crippen molar-refractivity contribution in [1.29, 1.82) is 0 Å².